The first-order chi connectivity index (χ1) is 18.0. The molecule has 0 unspecified atom stereocenters. The van der Waals surface area contributed by atoms with Crippen LogP contribution in [0.3, 0.4) is 0 Å². The number of carboxylic acids is 1. The van der Waals surface area contributed by atoms with Crippen molar-refractivity contribution in [1.29, 1.82) is 0 Å². The maximum absolute atomic E-state index is 12.3. The number of aliphatic hydroxyl groups excluding tert-OH is 1. The summed E-state index contributed by atoms with van der Waals surface area (Å²) in [6, 6.07) is -2.28. The lowest BCUT2D eigenvalue weighted by Gasteiger charge is -2.38. The average Bonchev–Trinajstić information content (AvgIpc) is 3.22. The van der Waals surface area contributed by atoms with E-state index in [0.29, 0.717) is 0 Å². The van der Waals surface area contributed by atoms with Crippen LogP contribution in [0.25, 0.3) is 0 Å². The van der Waals surface area contributed by atoms with Crippen molar-refractivity contribution in [2.45, 2.75) is 83.1 Å². The van der Waals surface area contributed by atoms with Crippen LogP contribution in [0.15, 0.2) is 16.8 Å². The zero-order valence-corrected chi connectivity index (χ0v) is 22.4. The van der Waals surface area contributed by atoms with Crippen molar-refractivity contribution < 1.29 is 57.9 Å². The summed E-state index contributed by atoms with van der Waals surface area (Å²) in [5.74, 6) is -2.63. The molecule has 0 bridgehead atoms. The largest absolute Gasteiger partial charge is 0.508 e. The number of aliphatic carboxylic acids is 1. The van der Waals surface area contributed by atoms with E-state index in [9.17, 15) is 34.2 Å². The van der Waals surface area contributed by atoms with Crippen molar-refractivity contribution in [3.63, 3.8) is 0 Å². The molecule has 0 aromatic heterocycles. The highest BCUT2D eigenvalue weighted by atomic mass is 16.8. The standard InChI is InChI=1S/C23H34N4O12/c1-11(28)27-15-12(7-13(18(30)31)36-17(15)16(29)14-8-35-21(34)37-14)25-10-26-20(33)39-23(5,6)9-24-19(32)38-22(2,3)4/h7,10,12,14-17,29H,8-9H2,1-6H3,(H,24,32)(H,27,28)(H,30,31)(H,25,26,33)/t12-,14+,15+,16+,17+/m0/s1. The van der Waals surface area contributed by atoms with Gasteiger partial charge in [-0.25, -0.2) is 19.2 Å². The number of aliphatic hydroxyl groups is 1. The second-order valence-electron chi connectivity index (χ2n) is 10.3. The van der Waals surface area contributed by atoms with Crippen molar-refractivity contribution in [2.75, 3.05) is 13.2 Å². The van der Waals surface area contributed by atoms with Gasteiger partial charge >= 0.3 is 24.3 Å². The molecule has 5 atom stereocenters. The molecule has 2 aliphatic rings. The van der Waals surface area contributed by atoms with Gasteiger partial charge < -0.3 is 44.5 Å². The molecular formula is C23H34N4O12. The number of cyclic esters (lactones) is 2. The summed E-state index contributed by atoms with van der Waals surface area (Å²) in [5.41, 5.74) is -1.86. The molecule has 16 nitrogen and oxygen atoms in total. The summed E-state index contributed by atoms with van der Waals surface area (Å²) in [6.45, 7) is 8.97. The molecule has 0 aliphatic carbocycles. The Balaban J connectivity index is 2.10. The highest BCUT2D eigenvalue weighted by molar-refractivity contribution is 5.85. The monoisotopic (exact) mass is 558 g/mol. The number of carbonyl (C=O) groups excluding carboxylic acids is 4. The molecule has 1 saturated heterocycles. The number of alkyl carbamates (subject to hydrolysis) is 2. The van der Waals surface area contributed by atoms with E-state index in [2.05, 4.69) is 25.7 Å². The van der Waals surface area contributed by atoms with E-state index in [-0.39, 0.29) is 13.2 Å². The van der Waals surface area contributed by atoms with Crippen molar-refractivity contribution in [1.82, 2.24) is 16.0 Å². The number of hydrogen-bond acceptors (Lipinski definition) is 12. The quantitative estimate of drug-likeness (QED) is 0.111. The summed E-state index contributed by atoms with van der Waals surface area (Å²) in [4.78, 5) is 63.1. The first-order valence-electron chi connectivity index (χ1n) is 11.9. The number of carboxylic acid groups (broad SMARTS) is 1. The second kappa shape index (κ2) is 12.6. The Morgan fingerprint density at radius 3 is 2.36 bits per heavy atom. The Morgan fingerprint density at radius 2 is 1.82 bits per heavy atom. The minimum absolute atomic E-state index is 0.0726. The smallest absolute Gasteiger partial charge is 0.478 e. The molecule has 218 valence electrons. The number of aliphatic imine (C=N–C) groups is 1. The third-order valence-corrected chi connectivity index (χ3v) is 5.07. The lowest BCUT2D eigenvalue weighted by Crippen LogP contribution is -2.59. The summed E-state index contributed by atoms with van der Waals surface area (Å²) < 4.78 is 25.3. The lowest BCUT2D eigenvalue weighted by molar-refractivity contribution is -0.143. The molecule has 0 aromatic rings. The fourth-order valence-electron chi connectivity index (χ4n) is 3.47. The van der Waals surface area contributed by atoms with Gasteiger partial charge in [-0.3, -0.25) is 15.1 Å². The van der Waals surface area contributed by atoms with Crippen molar-refractivity contribution >= 4 is 36.6 Å². The third kappa shape index (κ3) is 9.96. The van der Waals surface area contributed by atoms with Crippen LogP contribution < -0.4 is 16.0 Å². The first kappa shape index (κ1) is 31.1. The predicted octanol–water partition coefficient (Wildman–Crippen LogP) is 0.181. The van der Waals surface area contributed by atoms with Crippen LogP contribution in [0.2, 0.25) is 0 Å². The summed E-state index contributed by atoms with van der Waals surface area (Å²) >= 11 is 0. The highest BCUT2D eigenvalue weighted by Gasteiger charge is 2.47. The van der Waals surface area contributed by atoms with Crippen LogP contribution in [0, 0.1) is 0 Å². The van der Waals surface area contributed by atoms with Gasteiger partial charge in [0.15, 0.2) is 12.2 Å². The van der Waals surface area contributed by atoms with Crippen LogP contribution in [0.4, 0.5) is 14.4 Å². The van der Waals surface area contributed by atoms with E-state index < -0.39 is 77.6 Å². The van der Waals surface area contributed by atoms with Gasteiger partial charge in [0, 0.05) is 6.92 Å². The molecule has 5 N–H and O–H groups in total. The molecule has 39 heavy (non-hydrogen) atoms. The topological polar surface area (TPSA) is 220 Å². The van der Waals surface area contributed by atoms with Gasteiger partial charge in [-0.1, -0.05) is 0 Å². The molecule has 0 spiro atoms. The number of ether oxygens (including phenoxy) is 5. The Bertz CT molecular complexity index is 1020. The average molecular weight is 559 g/mol. The number of hydrogen-bond donors (Lipinski definition) is 5. The van der Waals surface area contributed by atoms with Gasteiger partial charge in [0.1, 0.15) is 23.9 Å². The normalized spacial score (nSPS) is 23.9. The molecule has 2 rings (SSSR count). The SMILES string of the molecule is CC(=O)N[C@H]1[C@H]([C@H](O)[C@H]2COC(=O)O2)OC(C(=O)O)=C[C@@H]1N=CNC(=O)OC(C)(C)CNC(=O)OC(C)(C)C. The molecule has 16 heteroatoms. The number of carbonyl (C=O) groups is 5. The van der Waals surface area contributed by atoms with E-state index >= 15 is 0 Å². The van der Waals surface area contributed by atoms with Crippen LogP contribution in [-0.2, 0) is 33.3 Å². The Kier molecular flexibility index (Phi) is 10.1. The van der Waals surface area contributed by atoms with Crippen molar-refractivity contribution in [3.8, 4) is 0 Å². The maximum Gasteiger partial charge on any atom is 0.508 e. The molecule has 2 heterocycles. The maximum atomic E-state index is 12.3. The number of nitrogens with one attached hydrogen (secondary N) is 3. The molecule has 1 fully saturated rings. The number of amides is 3. The van der Waals surface area contributed by atoms with Crippen molar-refractivity contribution in [3.05, 3.63) is 11.8 Å². The van der Waals surface area contributed by atoms with E-state index in [4.69, 9.17) is 18.9 Å². The number of nitrogens with zero attached hydrogens (tertiary/aromatic N) is 1. The summed E-state index contributed by atoms with van der Waals surface area (Å²) in [6.07, 6.45) is -4.90. The lowest BCUT2D eigenvalue weighted by atomic mass is 9.92. The van der Waals surface area contributed by atoms with Gasteiger partial charge in [0.05, 0.1) is 25.0 Å². The summed E-state index contributed by atoms with van der Waals surface area (Å²) in [7, 11) is 0. The zero-order valence-electron chi connectivity index (χ0n) is 22.4. The molecule has 3 amide bonds. The minimum Gasteiger partial charge on any atom is -0.478 e. The van der Waals surface area contributed by atoms with Gasteiger partial charge in [-0.05, 0) is 40.7 Å². The minimum atomic E-state index is -1.61. The van der Waals surface area contributed by atoms with Gasteiger partial charge in [0.25, 0.3) is 0 Å². The molecule has 2 aliphatic heterocycles. The fraction of sp³-hybridized carbons (Fsp3) is 0.652. The van der Waals surface area contributed by atoms with Gasteiger partial charge in [0.2, 0.25) is 11.7 Å². The van der Waals surface area contributed by atoms with Gasteiger partial charge in [-0.15, -0.1) is 0 Å². The van der Waals surface area contributed by atoms with Crippen LogP contribution in [0.5, 0.6) is 0 Å². The third-order valence-electron chi connectivity index (χ3n) is 5.07. The van der Waals surface area contributed by atoms with E-state index in [1.807, 2.05) is 0 Å². The van der Waals surface area contributed by atoms with Crippen molar-refractivity contribution in [2.24, 2.45) is 4.99 Å². The highest BCUT2D eigenvalue weighted by Crippen LogP contribution is 2.27. The zero-order chi connectivity index (χ0) is 29.5. The van der Waals surface area contributed by atoms with E-state index in [1.165, 1.54) is 6.92 Å². The Hall–Kier alpha value is -4.08. The Labute approximate surface area is 224 Å². The van der Waals surface area contributed by atoms with Gasteiger partial charge in [-0.2, -0.15) is 0 Å². The van der Waals surface area contributed by atoms with Crippen LogP contribution in [0.1, 0.15) is 41.5 Å². The van der Waals surface area contributed by atoms with E-state index in [0.717, 1.165) is 12.4 Å². The fourth-order valence-corrected chi connectivity index (χ4v) is 3.47. The molecular weight excluding hydrogens is 524 g/mol. The van der Waals surface area contributed by atoms with Crippen LogP contribution in [-0.4, -0.2) is 102 Å². The second-order valence-corrected chi connectivity index (χ2v) is 10.3. The molecule has 0 radical (unpaired) electrons. The molecule has 0 aromatic carbocycles. The molecule has 0 saturated carbocycles. The number of rotatable bonds is 9. The first-order valence-corrected chi connectivity index (χ1v) is 11.9. The Morgan fingerprint density at radius 1 is 1.15 bits per heavy atom. The predicted molar refractivity (Wildman–Crippen MR) is 131 cm³/mol. The van der Waals surface area contributed by atoms with E-state index in [1.54, 1.807) is 34.6 Å². The van der Waals surface area contributed by atoms with Crippen LogP contribution >= 0.6 is 0 Å². The summed E-state index contributed by atoms with van der Waals surface area (Å²) in [5, 5.41) is 27.5.